The maximum absolute atomic E-state index is 11.6. The SMILES string of the molecule is CCCc1cc(N2CCC(NCC(O)c3cccc(C(N)=O)c3)CC2)nc2sc(C(=O)O)c(N)c12. The van der Waals surface area contributed by atoms with Gasteiger partial charge in [-0.2, -0.15) is 0 Å². The lowest BCUT2D eigenvalue weighted by Crippen LogP contribution is -2.44. The van der Waals surface area contributed by atoms with Crippen molar-refractivity contribution in [3.63, 3.8) is 0 Å². The number of fused-ring (bicyclic) bond motifs is 1. The van der Waals surface area contributed by atoms with Gasteiger partial charge in [-0.05, 0) is 48.6 Å². The number of primary amides is 1. The molecule has 0 saturated carbocycles. The van der Waals surface area contributed by atoms with E-state index in [1.165, 1.54) is 0 Å². The molecule has 1 atom stereocenters. The number of carbonyl (C=O) groups excluding carboxylic acids is 1. The molecule has 4 rings (SSSR count). The second-order valence-corrected chi connectivity index (χ2v) is 9.89. The molecule has 3 heterocycles. The van der Waals surface area contributed by atoms with E-state index < -0.39 is 18.0 Å². The molecule has 0 bridgehead atoms. The molecule has 1 aliphatic heterocycles. The van der Waals surface area contributed by atoms with E-state index in [1.54, 1.807) is 24.3 Å². The van der Waals surface area contributed by atoms with Gasteiger partial charge in [0.1, 0.15) is 15.5 Å². The molecule has 1 amide bonds. The van der Waals surface area contributed by atoms with Crippen LogP contribution in [0.2, 0.25) is 0 Å². The van der Waals surface area contributed by atoms with E-state index >= 15 is 0 Å². The molecule has 2 aromatic heterocycles. The van der Waals surface area contributed by atoms with Gasteiger partial charge < -0.3 is 31.9 Å². The van der Waals surface area contributed by atoms with Crippen LogP contribution in [0.15, 0.2) is 30.3 Å². The zero-order valence-electron chi connectivity index (χ0n) is 19.7. The Morgan fingerprint density at radius 2 is 2.03 bits per heavy atom. The second-order valence-electron chi connectivity index (χ2n) is 8.89. The van der Waals surface area contributed by atoms with Crippen LogP contribution in [-0.2, 0) is 6.42 Å². The normalized spacial score (nSPS) is 15.4. The third-order valence-corrected chi connectivity index (χ3v) is 7.54. The second kappa shape index (κ2) is 10.6. The fraction of sp³-hybridized carbons (Fsp3) is 0.400. The number of nitrogens with zero attached hydrogens (tertiary/aromatic N) is 2. The largest absolute Gasteiger partial charge is 0.477 e. The number of benzene rings is 1. The summed E-state index contributed by atoms with van der Waals surface area (Å²) in [7, 11) is 0. The van der Waals surface area contributed by atoms with Gasteiger partial charge in [0.2, 0.25) is 5.91 Å². The van der Waals surface area contributed by atoms with Crippen molar-refractivity contribution in [2.24, 2.45) is 5.73 Å². The highest BCUT2D eigenvalue weighted by atomic mass is 32.1. The van der Waals surface area contributed by atoms with Gasteiger partial charge in [-0.25, -0.2) is 9.78 Å². The van der Waals surface area contributed by atoms with Crippen molar-refractivity contribution in [2.45, 2.75) is 44.8 Å². The van der Waals surface area contributed by atoms with Crippen LogP contribution >= 0.6 is 11.3 Å². The predicted molar refractivity (Wildman–Crippen MR) is 138 cm³/mol. The van der Waals surface area contributed by atoms with Crippen molar-refractivity contribution >= 4 is 44.9 Å². The molecule has 3 aromatic rings. The average molecular weight is 498 g/mol. The molecule has 0 radical (unpaired) electrons. The fourth-order valence-electron chi connectivity index (χ4n) is 4.58. The number of hydrogen-bond donors (Lipinski definition) is 5. The van der Waals surface area contributed by atoms with Gasteiger partial charge in [-0.3, -0.25) is 4.79 Å². The Labute approximate surface area is 207 Å². The number of rotatable bonds is 9. The summed E-state index contributed by atoms with van der Waals surface area (Å²) in [6.07, 6.45) is 2.75. The number of nitrogens with two attached hydrogens (primary N) is 2. The topological polar surface area (TPSA) is 155 Å². The van der Waals surface area contributed by atoms with Gasteiger partial charge in [-0.15, -0.1) is 11.3 Å². The molecule has 35 heavy (non-hydrogen) atoms. The number of anilines is 2. The standard InChI is InChI=1S/C25H31N5O4S/c1-2-4-15-12-19(29-24-20(15)21(26)22(35-24)25(33)34)30-9-7-17(8-10-30)28-13-18(31)14-5-3-6-16(11-14)23(27)32/h3,5-6,11-12,17-18,28,31H,2,4,7-10,13,26H2,1H3,(H2,27,32)(H,33,34). The number of nitrogen functional groups attached to an aromatic ring is 1. The first-order valence-corrected chi connectivity index (χ1v) is 12.6. The zero-order chi connectivity index (χ0) is 25.1. The number of aliphatic hydroxyl groups is 1. The molecule has 1 fully saturated rings. The molecule has 9 nitrogen and oxygen atoms in total. The van der Waals surface area contributed by atoms with Gasteiger partial charge in [0.15, 0.2) is 0 Å². The summed E-state index contributed by atoms with van der Waals surface area (Å²) < 4.78 is 0. The highest BCUT2D eigenvalue weighted by molar-refractivity contribution is 7.21. The molecule has 0 aliphatic carbocycles. The lowest BCUT2D eigenvalue weighted by Gasteiger charge is -2.34. The van der Waals surface area contributed by atoms with Crippen LogP contribution in [0, 0.1) is 0 Å². The molecule has 1 saturated heterocycles. The lowest BCUT2D eigenvalue weighted by atomic mass is 10.0. The van der Waals surface area contributed by atoms with Crippen LogP contribution in [0.1, 0.15) is 63.4 Å². The molecule has 7 N–H and O–H groups in total. The minimum absolute atomic E-state index is 0.143. The molecule has 186 valence electrons. The number of pyridine rings is 1. The number of carbonyl (C=O) groups is 2. The Hall–Kier alpha value is -3.21. The molecular weight excluding hydrogens is 466 g/mol. The highest BCUT2D eigenvalue weighted by Gasteiger charge is 2.24. The minimum atomic E-state index is -1.02. The number of aromatic carboxylic acids is 1. The number of thiophene rings is 1. The number of nitrogens with one attached hydrogen (secondary N) is 1. The number of aryl methyl sites for hydroxylation is 1. The number of piperidine rings is 1. The van der Waals surface area contributed by atoms with E-state index in [-0.39, 0.29) is 10.9 Å². The van der Waals surface area contributed by atoms with Gasteiger partial charge >= 0.3 is 5.97 Å². The number of amides is 1. The van der Waals surface area contributed by atoms with Gasteiger partial charge in [-0.1, -0.05) is 25.5 Å². The Morgan fingerprint density at radius 3 is 2.69 bits per heavy atom. The maximum Gasteiger partial charge on any atom is 0.348 e. The highest BCUT2D eigenvalue weighted by Crippen LogP contribution is 2.37. The average Bonchev–Trinajstić information content (AvgIpc) is 3.20. The van der Waals surface area contributed by atoms with Crippen molar-refractivity contribution in [1.82, 2.24) is 10.3 Å². The molecule has 0 spiro atoms. The third-order valence-electron chi connectivity index (χ3n) is 6.46. The number of carboxylic acid groups (broad SMARTS) is 1. The van der Waals surface area contributed by atoms with Crippen molar-refractivity contribution in [2.75, 3.05) is 30.3 Å². The molecule has 1 aromatic carbocycles. The lowest BCUT2D eigenvalue weighted by molar-refractivity contribution is 0.0703. The summed E-state index contributed by atoms with van der Waals surface area (Å²) in [5, 5.41) is 24.2. The quantitative estimate of drug-likeness (QED) is 0.302. The Kier molecular flexibility index (Phi) is 7.54. The van der Waals surface area contributed by atoms with E-state index in [4.69, 9.17) is 16.5 Å². The summed E-state index contributed by atoms with van der Waals surface area (Å²) in [5.74, 6) is -0.691. The van der Waals surface area contributed by atoms with Crippen LogP contribution < -0.4 is 21.7 Å². The van der Waals surface area contributed by atoms with Crippen LogP contribution in [0.4, 0.5) is 11.5 Å². The number of hydrogen-bond acceptors (Lipinski definition) is 8. The molecule has 1 unspecified atom stereocenters. The van der Waals surface area contributed by atoms with Crippen molar-refractivity contribution in [1.29, 1.82) is 0 Å². The van der Waals surface area contributed by atoms with E-state index in [9.17, 15) is 19.8 Å². The van der Waals surface area contributed by atoms with E-state index in [0.29, 0.717) is 28.2 Å². The Morgan fingerprint density at radius 1 is 1.29 bits per heavy atom. The molecule has 1 aliphatic rings. The molecular formula is C25H31N5O4S. The monoisotopic (exact) mass is 497 g/mol. The van der Waals surface area contributed by atoms with Gasteiger partial charge in [0, 0.05) is 36.6 Å². The summed E-state index contributed by atoms with van der Waals surface area (Å²) in [6, 6.07) is 9.05. The summed E-state index contributed by atoms with van der Waals surface area (Å²) in [4.78, 5) is 30.8. The van der Waals surface area contributed by atoms with Crippen molar-refractivity contribution in [3.05, 3.63) is 51.9 Å². The van der Waals surface area contributed by atoms with Crippen molar-refractivity contribution < 1.29 is 19.8 Å². The van der Waals surface area contributed by atoms with E-state index in [0.717, 1.165) is 66.9 Å². The van der Waals surface area contributed by atoms with Crippen LogP contribution in [-0.4, -0.2) is 52.7 Å². The summed E-state index contributed by atoms with van der Waals surface area (Å²) in [5.41, 5.74) is 13.9. The van der Waals surface area contributed by atoms with E-state index in [2.05, 4.69) is 17.1 Å². The minimum Gasteiger partial charge on any atom is -0.477 e. The first-order chi connectivity index (χ1) is 16.8. The zero-order valence-corrected chi connectivity index (χ0v) is 20.5. The number of aromatic nitrogens is 1. The Bertz CT molecular complexity index is 1240. The Balaban J connectivity index is 1.41. The number of carboxylic acids is 1. The van der Waals surface area contributed by atoms with Crippen LogP contribution in [0.25, 0.3) is 10.2 Å². The predicted octanol–water partition coefficient (Wildman–Crippen LogP) is 2.92. The van der Waals surface area contributed by atoms with Gasteiger partial charge in [0.05, 0.1) is 11.8 Å². The first-order valence-electron chi connectivity index (χ1n) is 11.8. The van der Waals surface area contributed by atoms with Crippen LogP contribution in [0.3, 0.4) is 0 Å². The van der Waals surface area contributed by atoms with E-state index in [1.807, 2.05) is 6.07 Å². The van der Waals surface area contributed by atoms with Gasteiger partial charge in [0.25, 0.3) is 0 Å². The fourth-order valence-corrected chi connectivity index (χ4v) is 5.56. The van der Waals surface area contributed by atoms with Crippen molar-refractivity contribution in [3.8, 4) is 0 Å². The number of aliphatic hydroxyl groups excluding tert-OH is 1. The maximum atomic E-state index is 11.6. The molecule has 10 heteroatoms. The third kappa shape index (κ3) is 5.39. The summed E-state index contributed by atoms with van der Waals surface area (Å²) in [6.45, 7) is 4.05. The van der Waals surface area contributed by atoms with Crippen LogP contribution in [0.5, 0.6) is 0 Å². The summed E-state index contributed by atoms with van der Waals surface area (Å²) >= 11 is 1.13. The smallest absolute Gasteiger partial charge is 0.348 e. The first kappa shape index (κ1) is 24.9.